The molecule has 11 heteroatoms. The van der Waals surface area contributed by atoms with Crippen LogP contribution in [0.25, 0.3) is 0 Å². The van der Waals surface area contributed by atoms with Gasteiger partial charge in [0.15, 0.2) is 0 Å². The number of aromatic amines is 1. The summed E-state index contributed by atoms with van der Waals surface area (Å²) in [5.74, 6) is 0.595. The third kappa shape index (κ3) is 7.81. The zero-order valence-electron chi connectivity index (χ0n) is 9.37. The average molecular weight is 284 g/mol. The van der Waals surface area contributed by atoms with Gasteiger partial charge in [-0.1, -0.05) is 0 Å². The van der Waals surface area contributed by atoms with Gasteiger partial charge in [0.2, 0.25) is 0 Å². The molecule has 8 N–H and O–H groups in total. The van der Waals surface area contributed by atoms with E-state index in [2.05, 4.69) is 15.5 Å². The van der Waals surface area contributed by atoms with E-state index in [1.54, 1.807) is 0 Å². The Morgan fingerprint density at radius 1 is 1.28 bits per heavy atom. The second kappa shape index (κ2) is 7.84. The molecule has 0 amide bonds. The fraction of sp³-hybridized carbons (Fsp3) is 0.571. The van der Waals surface area contributed by atoms with Crippen molar-refractivity contribution in [2.75, 3.05) is 30.8 Å². The Bertz CT molecular complexity index is 437. The molecule has 0 aliphatic rings. The number of aromatic nitrogens is 2. The minimum Gasteiger partial charge on any atom is -0.396 e. The number of aliphatic hydroxyl groups is 2. The van der Waals surface area contributed by atoms with Gasteiger partial charge in [-0.15, -0.1) is 0 Å². The molecule has 1 heterocycles. The molecule has 1 rings (SSSR count). The number of nitrogens with one attached hydrogen (secondary N) is 2. The molecule has 0 saturated carbocycles. The molecule has 10 nitrogen and oxygen atoms in total. The molecule has 0 bridgehead atoms. The number of aliphatic hydroxyl groups excluding tert-OH is 2. The number of nitrogens with zero attached hydrogens (tertiary/aromatic N) is 1. The Kier molecular flexibility index (Phi) is 7.23. The molecule has 0 saturated heterocycles. The number of nitrogen functional groups attached to an aromatic ring is 1. The zero-order chi connectivity index (χ0) is 14.2. The summed E-state index contributed by atoms with van der Waals surface area (Å²) < 4.78 is 31.6. The summed E-state index contributed by atoms with van der Waals surface area (Å²) in [4.78, 5) is 0. The molecule has 0 aliphatic carbocycles. The topological polar surface area (TPSA) is 182 Å². The molecule has 1 aromatic rings. The molecule has 1 aromatic heterocycles. The molecular formula is C7H16N4O6S. The fourth-order valence-electron chi connectivity index (χ4n) is 1.00. The van der Waals surface area contributed by atoms with Gasteiger partial charge in [-0.05, 0) is 0 Å². The van der Waals surface area contributed by atoms with Gasteiger partial charge in [0.25, 0.3) is 0 Å². The lowest BCUT2D eigenvalue weighted by Gasteiger charge is -2.01. The highest BCUT2D eigenvalue weighted by Crippen LogP contribution is 2.18. The van der Waals surface area contributed by atoms with Crippen LogP contribution in [0.4, 0.5) is 11.5 Å². The fourth-order valence-corrected chi connectivity index (χ4v) is 1.00. The van der Waals surface area contributed by atoms with E-state index in [-0.39, 0.29) is 13.2 Å². The predicted octanol–water partition coefficient (Wildman–Crippen LogP) is -1.72. The summed E-state index contributed by atoms with van der Waals surface area (Å²) in [5, 5.41) is 26.7. The maximum atomic E-state index is 8.74. The van der Waals surface area contributed by atoms with Crippen LogP contribution in [0.3, 0.4) is 0 Å². The summed E-state index contributed by atoms with van der Waals surface area (Å²) in [6, 6.07) is 0. The average Bonchev–Trinajstić information content (AvgIpc) is 2.56. The van der Waals surface area contributed by atoms with Crippen LogP contribution in [0.2, 0.25) is 0 Å². The van der Waals surface area contributed by atoms with E-state index in [1.807, 2.05) is 0 Å². The Hall–Kier alpha value is -1.40. The summed E-state index contributed by atoms with van der Waals surface area (Å²) in [5.41, 5.74) is 6.83. The third-order valence-electron chi connectivity index (χ3n) is 1.65. The highest BCUT2D eigenvalue weighted by atomic mass is 32.3. The van der Waals surface area contributed by atoms with E-state index < -0.39 is 10.4 Å². The number of nitrogens with two attached hydrogens (primary N) is 1. The molecule has 0 fully saturated rings. The van der Waals surface area contributed by atoms with Gasteiger partial charge in [-0.25, -0.2) is 0 Å². The van der Waals surface area contributed by atoms with Crippen molar-refractivity contribution in [3.63, 3.8) is 0 Å². The van der Waals surface area contributed by atoms with Crippen molar-refractivity contribution in [2.45, 2.75) is 6.42 Å². The molecular weight excluding hydrogens is 268 g/mol. The summed E-state index contributed by atoms with van der Waals surface area (Å²) >= 11 is 0. The number of anilines is 2. The van der Waals surface area contributed by atoms with Crippen molar-refractivity contribution in [2.24, 2.45) is 0 Å². The molecule has 106 valence electrons. The van der Waals surface area contributed by atoms with E-state index in [0.29, 0.717) is 30.2 Å². The highest BCUT2D eigenvalue weighted by molar-refractivity contribution is 7.79. The Balaban J connectivity index is 0.000000494. The molecule has 0 unspecified atom stereocenters. The first-order chi connectivity index (χ1) is 8.29. The van der Waals surface area contributed by atoms with Crippen LogP contribution in [0, 0.1) is 0 Å². The van der Waals surface area contributed by atoms with E-state index in [4.69, 9.17) is 33.5 Å². The summed E-state index contributed by atoms with van der Waals surface area (Å²) in [7, 11) is -4.67. The third-order valence-corrected chi connectivity index (χ3v) is 1.65. The van der Waals surface area contributed by atoms with E-state index in [1.165, 1.54) is 0 Å². The van der Waals surface area contributed by atoms with Crippen molar-refractivity contribution in [3.05, 3.63) is 5.69 Å². The minimum atomic E-state index is -4.67. The lowest BCUT2D eigenvalue weighted by molar-refractivity contribution is 0.298. The largest absolute Gasteiger partial charge is 0.396 e. The quantitative estimate of drug-likeness (QED) is 0.309. The van der Waals surface area contributed by atoms with Gasteiger partial charge in [0.05, 0.1) is 18.0 Å². The Morgan fingerprint density at radius 2 is 1.83 bits per heavy atom. The lowest BCUT2D eigenvalue weighted by atomic mass is 10.3. The molecule has 0 aromatic carbocycles. The molecule has 18 heavy (non-hydrogen) atoms. The SMILES string of the molecule is Nc1c(CCO)n[nH]c1NCCO.O=S(=O)(O)O. The van der Waals surface area contributed by atoms with Gasteiger partial charge in [-0.3, -0.25) is 14.2 Å². The second-order valence-corrected chi connectivity index (χ2v) is 3.93. The van der Waals surface area contributed by atoms with E-state index >= 15 is 0 Å². The van der Waals surface area contributed by atoms with Crippen LogP contribution in [-0.2, 0) is 16.8 Å². The van der Waals surface area contributed by atoms with Crippen molar-refractivity contribution in [3.8, 4) is 0 Å². The second-order valence-electron chi connectivity index (χ2n) is 3.03. The van der Waals surface area contributed by atoms with Gasteiger partial charge >= 0.3 is 10.4 Å². The van der Waals surface area contributed by atoms with E-state index in [0.717, 1.165) is 0 Å². The summed E-state index contributed by atoms with van der Waals surface area (Å²) in [6.45, 7) is 0.479. The predicted molar refractivity (Wildman–Crippen MR) is 63.5 cm³/mol. The number of rotatable bonds is 5. The number of H-pyrrole nitrogens is 1. The van der Waals surface area contributed by atoms with Crippen molar-refractivity contribution in [1.82, 2.24) is 10.2 Å². The summed E-state index contributed by atoms with van der Waals surface area (Å²) in [6.07, 6.45) is 0.434. The van der Waals surface area contributed by atoms with Crippen LogP contribution in [0.1, 0.15) is 5.69 Å². The van der Waals surface area contributed by atoms with Crippen LogP contribution in [0.5, 0.6) is 0 Å². The zero-order valence-corrected chi connectivity index (χ0v) is 10.2. The van der Waals surface area contributed by atoms with Crippen molar-refractivity contribution >= 4 is 21.9 Å². The van der Waals surface area contributed by atoms with Gasteiger partial charge < -0.3 is 21.3 Å². The maximum absolute atomic E-state index is 8.74. The number of hydrogen-bond acceptors (Lipinski definition) is 7. The van der Waals surface area contributed by atoms with Gasteiger partial charge in [0.1, 0.15) is 5.82 Å². The monoisotopic (exact) mass is 284 g/mol. The first-order valence-electron chi connectivity index (χ1n) is 4.77. The van der Waals surface area contributed by atoms with Crippen LogP contribution in [0.15, 0.2) is 0 Å². The van der Waals surface area contributed by atoms with Gasteiger partial charge in [-0.2, -0.15) is 13.5 Å². The first-order valence-corrected chi connectivity index (χ1v) is 6.17. The Labute approximate surface area is 103 Å². The molecule has 0 radical (unpaired) electrons. The van der Waals surface area contributed by atoms with Crippen LogP contribution in [-0.4, -0.2) is 57.7 Å². The maximum Gasteiger partial charge on any atom is 0.394 e. The normalized spacial score (nSPS) is 10.7. The lowest BCUT2D eigenvalue weighted by Crippen LogP contribution is -2.07. The van der Waals surface area contributed by atoms with Crippen molar-refractivity contribution in [1.29, 1.82) is 0 Å². The van der Waals surface area contributed by atoms with Gasteiger partial charge in [0, 0.05) is 19.6 Å². The Morgan fingerprint density at radius 3 is 2.28 bits per heavy atom. The van der Waals surface area contributed by atoms with E-state index in [9.17, 15) is 0 Å². The molecule has 0 aliphatic heterocycles. The van der Waals surface area contributed by atoms with Crippen LogP contribution >= 0.6 is 0 Å². The molecule has 0 spiro atoms. The standard InChI is InChI=1S/C7H14N4O2.H2O4S/c8-6-5(1-3-12)10-11-7(6)9-2-4-13;1-5(2,3)4/h12-13H,1-4,8H2,(H2,9,10,11);(H2,1,2,3,4). The first kappa shape index (κ1) is 16.6. The molecule has 0 atom stereocenters. The highest BCUT2D eigenvalue weighted by Gasteiger charge is 2.07. The van der Waals surface area contributed by atoms with Crippen LogP contribution < -0.4 is 11.1 Å². The smallest absolute Gasteiger partial charge is 0.394 e. The minimum absolute atomic E-state index is 0.0223. The number of hydrogen-bond donors (Lipinski definition) is 7. The van der Waals surface area contributed by atoms with Crippen molar-refractivity contribution < 1.29 is 27.7 Å².